The fourth-order valence-corrected chi connectivity index (χ4v) is 5.59. The Kier molecular flexibility index (Phi) is 9.57. The van der Waals surface area contributed by atoms with E-state index in [0.29, 0.717) is 24.2 Å². The van der Waals surface area contributed by atoms with E-state index in [1.807, 2.05) is 0 Å². The molecule has 0 spiro atoms. The number of anilines is 1. The zero-order valence-electron chi connectivity index (χ0n) is 19.5. The maximum absolute atomic E-state index is 13.1. The van der Waals surface area contributed by atoms with E-state index >= 15 is 0 Å². The van der Waals surface area contributed by atoms with Crippen molar-refractivity contribution < 1.29 is 26.4 Å². The Bertz CT molecular complexity index is 1090. The van der Waals surface area contributed by atoms with Gasteiger partial charge in [-0.1, -0.05) is 12.1 Å². The molecule has 1 aliphatic rings. The second kappa shape index (κ2) is 11.6. The molecule has 35 heavy (non-hydrogen) atoms. The lowest BCUT2D eigenvalue weighted by molar-refractivity contribution is -0.137. The van der Waals surface area contributed by atoms with Gasteiger partial charge in [-0.15, -0.1) is 12.4 Å². The van der Waals surface area contributed by atoms with Crippen molar-refractivity contribution in [2.75, 3.05) is 18.0 Å². The minimum absolute atomic E-state index is 0. The molecular weight excluding hydrogens is 505 g/mol. The van der Waals surface area contributed by atoms with Crippen LogP contribution in [-0.4, -0.2) is 43.9 Å². The Balaban J connectivity index is 0.00000432. The number of hydrogen-bond acceptors (Lipinski definition) is 4. The van der Waals surface area contributed by atoms with Gasteiger partial charge in [0.15, 0.2) is 0 Å². The molecule has 0 radical (unpaired) electrons. The molecule has 1 atom stereocenters. The highest BCUT2D eigenvalue weighted by Crippen LogP contribution is 2.30. The number of urea groups is 1. The highest BCUT2D eigenvalue weighted by molar-refractivity contribution is 7.89. The number of rotatable bonds is 7. The molecule has 1 aliphatic heterocycles. The molecule has 3 N–H and O–H groups in total. The zero-order valence-corrected chi connectivity index (χ0v) is 21.1. The molecule has 0 saturated carbocycles. The van der Waals surface area contributed by atoms with Gasteiger partial charge < -0.3 is 11.1 Å². The Morgan fingerprint density at radius 2 is 1.74 bits per heavy atom. The third-order valence-corrected chi connectivity index (χ3v) is 7.60. The van der Waals surface area contributed by atoms with Crippen LogP contribution in [0.5, 0.6) is 0 Å². The minimum Gasteiger partial charge on any atom is -0.336 e. The van der Waals surface area contributed by atoms with Gasteiger partial charge in [0.1, 0.15) is 0 Å². The molecule has 1 heterocycles. The Hall–Kier alpha value is -2.34. The maximum atomic E-state index is 13.1. The van der Waals surface area contributed by atoms with Crippen LogP contribution in [0.15, 0.2) is 53.4 Å². The number of halogens is 4. The zero-order chi connectivity index (χ0) is 25.1. The lowest BCUT2D eigenvalue weighted by atomic mass is 10.1. The van der Waals surface area contributed by atoms with E-state index in [2.05, 4.69) is 5.32 Å². The molecule has 2 aromatic rings. The smallest absolute Gasteiger partial charge is 0.336 e. The molecule has 0 bridgehead atoms. The van der Waals surface area contributed by atoms with Crippen LogP contribution in [0.2, 0.25) is 0 Å². The molecule has 1 fully saturated rings. The van der Waals surface area contributed by atoms with Crippen molar-refractivity contribution in [2.45, 2.75) is 56.4 Å². The quantitative estimate of drug-likeness (QED) is 0.551. The summed E-state index contributed by atoms with van der Waals surface area (Å²) >= 11 is 0. The number of alkyl halides is 3. The van der Waals surface area contributed by atoms with Gasteiger partial charge in [-0.2, -0.15) is 17.5 Å². The molecule has 1 unspecified atom stereocenters. The molecule has 12 heteroatoms. The van der Waals surface area contributed by atoms with Crippen LogP contribution in [0.1, 0.15) is 37.8 Å². The van der Waals surface area contributed by atoms with E-state index in [1.54, 1.807) is 13.8 Å². The summed E-state index contributed by atoms with van der Waals surface area (Å²) < 4.78 is 66.2. The molecule has 1 saturated heterocycles. The molecular formula is C23H30ClF3N4O3S. The van der Waals surface area contributed by atoms with Gasteiger partial charge in [0, 0.05) is 30.9 Å². The number of hydrogen-bond donors (Lipinski definition) is 2. The van der Waals surface area contributed by atoms with Crippen molar-refractivity contribution in [1.82, 2.24) is 9.62 Å². The molecule has 0 aromatic heterocycles. The van der Waals surface area contributed by atoms with E-state index in [4.69, 9.17) is 5.73 Å². The minimum atomic E-state index is -4.45. The van der Waals surface area contributed by atoms with Crippen molar-refractivity contribution in [1.29, 1.82) is 0 Å². The van der Waals surface area contributed by atoms with Crippen LogP contribution in [0, 0.1) is 0 Å². The van der Waals surface area contributed by atoms with Crippen molar-refractivity contribution in [3.05, 3.63) is 59.7 Å². The number of nitrogens with one attached hydrogen (secondary N) is 1. The van der Waals surface area contributed by atoms with Gasteiger partial charge in [0.2, 0.25) is 10.0 Å². The van der Waals surface area contributed by atoms with Crippen LogP contribution in [-0.2, 0) is 22.7 Å². The SMILES string of the molecule is CC(C)NC(=O)N(Cc1ccc(C(F)(F)F)cc1)c1ccc(S(=O)(=O)N2CCCC2CN)cc1.Cl. The van der Waals surface area contributed by atoms with Gasteiger partial charge in [-0.05, 0) is 68.7 Å². The predicted octanol–water partition coefficient (Wildman–Crippen LogP) is 4.36. The third-order valence-electron chi connectivity index (χ3n) is 5.63. The fraction of sp³-hybridized carbons (Fsp3) is 0.435. The predicted molar refractivity (Wildman–Crippen MR) is 131 cm³/mol. The van der Waals surface area contributed by atoms with Crippen LogP contribution in [0.25, 0.3) is 0 Å². The monoisotopic (exact) mass is 534 g/mol. The second-order valence-corrected chi connectivity index (χ2v) is 10.4. The first-order valence-electron chi connectivity index (χ1n) is 11.0. The number of nitrogens with two attached hydrogens (primary N) is 1. The van der Waals surface area contributed by atoms with Crippen molar-refractivity contribution >= 4 is 34.1 Å². The summed E-state index contributed by atoms with van der Waals surface area (Å²) in [6.07, 6.45) is -2.99. The largest absolute Gasteiger partial charge is 0.416 e. The number of amides is 2. The third kappa shape index (κ3) is 6.87. The van der Waals surface area contributed by atoms with Crippen LogP contribution < -0.4 is 16.0 Å². The van der Waals surface area contributed by atoms with Gasteiger partial charge in [-0.3, -0.25) is 4.90 Å². The molecule has 194 valence electrons. The van der Waals surface area contributed by atoms with Crippen molar-refractivity contribution in [3.8, 4) is 0 Å². The first kappa shape index (κ1) is 28.9. The Morgan fingerprint density at radius 3 is 2.26 bits per heavy atom. The van der Waals surface area contributed by atoms with E-state index in [0.717, 1.165) is 18.6 Å². The molecule has 3 rings (SSSR count). The number of carbonyl (C=O) groups is 1. The first-order valence-corrected chi connectivity index (χ1v) is 12.4. The van der Waals surface area contributed by atoms with Gasteiger partial charge in [-0.25, -0.2) is 13.2 Å². The average Bonchev–Trinajstić information content (AvgIpc) is 3.27. The molecule has 7 nitrogen and oxygen atoms in total. The molecule has 0 aliphatic carbocycles. The van der Waals surface area contributed by atoms with Gasteiger partial charge >= 0.3 is 12.2 Å². The summed E-state index contributed by atoms with van der Waals surface area (Å²) in [4.78, 5) is 14.3. The van der Waals surface area contributed by atoms with Gasteiger partial charge in [0.25, 0.3) is 0 Å². The number of carbonyl (C=O) groups excluding carboxylic acids is 1. The second-order valence-electron chi connectivity index (χ2n) is 8.53. The highest BCUT2D eigenvalue weighted by atomic mass is 35.5. The fourth-order valence-electron chi connectivity index (χ4n) is 3.88. The number of nitrogens with zero attached hydrogens (tertiary/aromatic N) is 2. The topological polar surface area (TPSA) is 95.7 Å². The summed E-state index contributed by atoms with van der Waals surface area (Å²) in [5.41, 5.74) is 5.85. The van der Waals surface area contributed by atoms with E-state index in [1.165, 1.54) is 45.6 Å². The van der Waals surface area contributed by atoms with Gasteiger partial charge in [0.05, 0.1) is 17.0 Å². The average molecular weight is 535 g/mol. The van der Waals surface area contributed by atoms with Crippen LogP contribution >= 0.6 is 12.4 Å². The van der Waals surface area contributed by atoms with E-state index in [9.17, 15) is 26.4 Å². The molecule has 2 aromatic carbocycles. The Morgan fingerprint density at radius 1 is 1.14 bits per heavy atom. The number of benzene rings is 2. The highest BCUT2D eigenvalue weighted by Gasteiger charge is 2.34. The summed E-state index contributed by atoms with van der Waals surface area (Å²) in [6, 6.07) is 9.60. The maximum Gasteiger partial charge on any atom is 0.416 e. The summed E-state index contributed by atoms with van der Waals surface area (Å²) in [7, 11) is -3.73. The van der Waals surface area contributed by atoms with Crippen LogP contribution in [0.4, 0.5) is 23.7 Å². The summed E-state index contributed by atoms with van der Waals surface area (Å²) in [5.74, 6) is 0. The van der Waals surface area contributed by atoms with Crippen molar-refractivity contribution in [2.24, 2.45) is 5.73 Å². The normalized spacial score (nSPS) is 16.7. The summed E-state index contributed by atoms with van der Waals surface area (Å²) in [6.45, 7) is 4.22. The molecule has 2 amide bonds. The van der Waals surface area contributed by atoms with E-state index < -0.39 is 27.8 Å². The van der Waals surface area contributed by atoms with Crippen LogP contribution in [0.3, 0.4) is 0 Å². The first-order chi connectivity index (χ1) is 15.9. The Labute approximate surface area is 209 Å². The van der Waals surface area contributed by atoms with E-state index in [-0.39, 0.29) is 42.5 Å². The lowest BCUT2D eigenvalue weighted by Gasteiger charge is -2.26. The summed E-state index contributed by atoms with van der Waals surface area (Å²) in [5, 5.41) is 2.77. The lowest BCUT2D eigenvalue weighted by Crippen LogP contribution is -2.42. The van der Waals surface area contributed by atoms with Crippen molar-refractivity contribution in [3.63, 3.8) is 0 Å². The standard InChI is InChI=1S/C23H29F3N4O3S.ClH/c1-16(2)28-22(31)29(15-17-5-7-18(8-6-17)23(24,25)26)19-9-11-21(12-10-19)34(32,33)30-13-3-4-20(30)14-27;/h5-12,16,20H,3-4,13-15,27H2,1-2H3,(H,28,31);1H. The number of sulfonamides is 1.